The number of methoxy groups -OCH3 is 1. The number of rotatable bonds is 4. The summed E-state index contributed by atoms with van der Waals surface area (Å²) in [5.74, 6) is 0.874. The number of ether oxygens (including phenoxy) is 1. The van der Waals surface area contributed by atoms with Crippen LogP contribution in [0.2, 0.25) is 0 Å². The first-order valence-electron chi connectivity index (χ1n) is 4.74. The van der Waals surface area contributed by atoms with E-state index < -0.39 is 0 Å². The summed E-state index contributed by atoms with van der Waals surface area (Å²) >= 11 is 0. The van der Waals surface area contributed by atoms with Crippen molar-refractivity contribution in [3.8, 4) is 5.75 Å². The Kier molecular flexibility index (Phi) is 3.77. The molecule has 0 aliphatic carbocycles. The zero-order valence-electron chi connectivity index (χ0n) is 9.03. The van der Waals surface area contributed by atoms with Crippen LogP contribution in [0.1, 0.15) is 6.92 Å². The highest BCUT2D eigenvalue weighted by atomic mass is 16.5. The molecular weight excluding hydrogens is 176 g/mol. The van der Waals surface area contributed by atoms with Crippen LogP contribution >= 0.6 is 0 Å². The molecule has 1 atom stereocenters. The van der Waals surface area contributed by atoms with Gasteiger partial charge in [-0.2, -0.15) is 0 Å². The highest BCUT2D eigenvalue weighted by Gasteiger charge is 2.03. The first-order valence-corrected chi connectivity index (χ1v) is 4.74. The Labute approximate surface area is 85.5 Å². The van der Waals surface area contributed by atoms with Crippen LogP contribution in [0.5, 0.6) is 5.75 Å². The third kappa shape index (κ3) is 2.92. The third-order valence-electron chi connectivity index (χ3n) is 2.06. The van der Waals surface area contributed by atoms with Crippen molar-refractivity contribution in [1.29, 1.82) is 0 Å². The molecule has 0 saturated carbocycles. The Morgan fingerprint density at radius 1 is 1.50 bits per heavy atom. The van der Waals surface area contributed by atoms with E-state index in [1.165, 1.54) is 0 Å². The van der Waals surface area contributed by atoms with Gasteiger partial charge in [0.15, 0.2) is 0 Å². The monoisotopic (exact) mass is 194 g/mol. The van der Waals surface area contributed by atoms with Crippen LogP contribution < -0.4 is 15.4 Å². The van der Waals surface area contributed by atoms with Gasteiger partial charge in [-0.25, -0.2) is 0 Å². The molecule has 1 aromatic carbocycles. The number of benzene rings is 1. The second-order valence-corrected chi connectivity index (χ2v) is 3.56. The number of anilines is 1. The fraction of sp³-hybridized carbons (Fsp3) is 0.455. The number of likely N-dealkylation sites (N-methyl/N-ethyl adjacent to an activating group) is 1. The van der Waals surface area contributed by atoms with Gasteiger partial charge in [0.1, 0.15) is 5.75 Å². The fourth-order valence-corrected chi connectivity index (χ4v) is 1.39. The van der Waals surface area contributed by atoms with Gasteiger partial charge in [0.05, 0.1) is 7.11 Å². The molecule has 3 heteroatoms. The number of nitrogens with two attached hydrogens (primary N) is 1. The van der Waals surface area contributed by atoms with Gasteiger partial charge in [-0.15, -0.1) is 0 Å². The molecule has 78 valence electrons. The van der Waals surface area contributed by atoms with Crippen molar-refractivity contribution in [3.05, 3.63) is 24.3 Å². The van der Waals surface area contributed by atoms with Crippen molar-refractivity contribution in [2.24, 2.45) is 5.73 Å². The first kappa shape index (κ1) is 10.9. The lowest BCUT2D eigenvalue weighted by Gasteiger charge is -2.21. The van der Waals surface area contributed by atoms with E-state index in [0.717, 1.165) is 18.0 Å². The van der Waals surface area contributed by atoms with Gasteiger partial charge in [-0.1, -0.05) is 6.07 Å². The predicted molar refractivity (Wildman–Crippen MR) is 59.9 cm³/mol. The SMILES string of the molecule is COc1cccc(N(C)C[C@H](C)N)c1. The average molecular weight is 194 g/mol. The van der Waals surface area contributed by atoms with Gasteiger partial charge in [-0.3, -0.25) is 0 Å². The molecule has 0 saturated heterocycles. The molecular formula is C11H18N2O. The van der Waals surface area contributed by atoms with E-state index >= 15 is 0 Å². The third-order valence-corrected chi connectivity index (χ3v) is 2.06. The minimum atomic E-state index is 0.172. The van der Waals surface area contributed by atoms with Crippen molar-refractivity contribution < 1.29 is 4.74 Å². The van der Waals surface area contributed by atoms with E-state index in [1.807, 2.05) is 38.2 Å². The molecule has 0 fully saturated rings. The molecule has 0 radical (unpaired) electrons. The maximum atomic E-state index is 5.73. The molecule has 0 unspecified atom stereocenters. The Hall–Kier alpha value is -1.22. The van der Waals surface area contributed by atoms with Crippen molar-refractivity contribution in [1.82, 2.24) is 0 Å². The quantitative estimate of drug-likeness (QED) is 0.789. The molecule has 3 nitrogen and oxygen atoms in total. The standard InChI is InChI=1S/C11H18N2O/c1-9(12)8-13(2)10-5-4-6-11(7-10)14-3/h4-7,9H,8,12H2,1-3H3/t9-/m0/s1. The summed E-state index contributed by atoms with van der Waals surface area (Å²) < 4.78 is 5.15. The van der Waals surface area contributed by atoms with Gasteiger partial charge in [-0.05, 0) is 19.1 Å². The summed E-state index contributed by atoms with van der Waals surface area (Å²) in [6, 6.07) is 8.13. The minimum absolute atomic E-state index is 0.172. The topological polar surface area (TPSA) is 38.5 Å². The van der Waals surface area contributed by atoms with Gasteiger partial charge in [0.2, 0.25) is 0 Å². The van der Waals surface area contributed by atoms with Crippen LogP contribution in [0, 0.1) is 0 Å². The van der Waals surface area contributed by atoms with Crippen molar-refractivity contribution in [3.63, 3.8) is 0 Å². The molecule has 1 rings (SSSR count). The predicted octanol–water partition coefficient (Wildman–Crippen LogP) is 1.48. The summed E-state index contributed by atoms with van der Waals surface area (Å²) in [5.41, 5.74) is 6.85. The second-order valence-electron chi connectivity index (χ2n) is 3.56. The first-order chi connectivity index (χ1) is 6.63. The smallest absolute Gasteiger partial charge is 0.120 e. The van der Waals surface area contributed by atoms with Crippen LogP contribution in [0.15, 0.2) is 24.3 Å². The lowest BCUT2D eigenvalue weighted by Crippen LogP contribution is -2.32. The molecule has 0 aromatic heterocycles. The number of hydrogen-bond donors (Lipinski definition) is 1. The molecule has 2 N–H and O–H groups in total. The summed E-state index contributed by atoms with van der Waals surface area (Å²) in [4.78, 5) is 2.12. The molecule has 0 aliphatic rings. The maximum absolute atomic E-state index is 5.73. The van der Waals surface area contributed by atoms with Crippen molar-refractivity contribution in [2.75, 3.05) is 25.6 Å². The Morgan fingerprint density at radius 3 is 2.79 bits per heavy atom. The van der Waals surface area contributed by atoms with Gasteiger partial charge in [0.25, 0.3) is 0 Å². The van der Waals surface area contributed by atoms with Gasteiger partial charge < -0.3 is 15.4 Å². The largest absolute Gasteiger partial charge is 0.497 e. The number of hydrogen-bond acceptors (Lipinski definition) is 3. The molecule has 0 spiro atoms. The summed E-state index contributed by atoms with van der Waals surface area (Å²) in [6.07, 6.45) is 0. The van der Waals surface area contributed by atoms with Gasteiger partial charge >= 0.3 is 0 Å². The van der Waals surface area contributed by atoms with E-state index in [1.54, 1.807) is 7.11 Å². The van der Waals surface area contributed by atoms with Crippen LogP contribution in [0.3, 0.4) is 0 Å². The molecule has 1 aromatic rings. The Balaban J connectivity index is 2.73. The normalized spacial score (nSPS) is 12.3. The molecule has 0 aliphatic heterocycles. The van der Waals surface area contributed by atoms with Crippen LogP contribution in [-0.4, -0.2) is 26.7 Å². The van der Waals surface area contributed by atoms with E-state index in [-0.39, 0.29) is 6.04 Å². The van der Waals surface area contributed by atoms with Crippen molar-refractivity contribution in [2.45, 2.75) is 13.0 Å². The highest BCUT2D eigenvalue weighted by Crippen LogP contribution is 2.19. The Morgan fingerprint density at radius 2 is 2.21 bits per heavy atom. The fourth-order valence-electron chi connectivity index (χ4n) is 1.39. The Bertz CT molecular complexity index is 286. The van der Waals surface area contributed by atoms with E-state index in [4.69, 9.17) is 10.5 Å². The molecule has 0 bridgehead atoms. The van der Waals surface area contributed by atoms with E-state index in [2.05, 4.69) is 4.90 Å². The second kappa shape index (κ2) is 4.86. The zero-order chi connectivity index (χ0) is 10.6. The lowest BCUT2D eigenvalue weighted by atomic mass is 10.2. The lowest BCUT2D eigenvalue weighted by molar-refractivity contribution is 0.415. The van der Waals surface area contributed by atoms with Crippen LogP contribution in [0.4, 0.5) is 5.69 Å². The van der Waals surface area contributed by atoms with Gasteiger partial charge in [0, 0.05) is 31.4 Å². The maximum Gasteiger partial charge on any atom is 0.120 e. The number of nitrogens with zero attached hydrogens (tertiary/aromatic N) is 1. The van der Waals surface area contributed by atoms with Crippen LogP contribution in [-0.2, 0) is 0 Å². The van der Waals surface area contributed by atoms with Crippen LogP contribution in [0.25, 0.3) is 0 Å². The summed E-state index contributed by atoms with van der Waals surface area (Å²) in [7, 11) is 3.70. The van der Waals surface area contributed by atoms with E-state index in [9.17, 15) is 0 Å². The minimum Gasteiger partial charge on any atom is -0.497 e. The summed E-state index contributed by atoms with van der Waals surface area (Å²) in [6.45, 7) is 2.84. The van der Waals surface area contributed by atoms with E-state index in [0.29, 0.717) is 0 Å². The zero-order valence-corrected chi connectivity index (χ0v) is 9.03. The molecule has 0 heterocycles. The molecule has 0 amide bonds. The van der Waals surface area contributed by atoms with Crippen molar-refractivity contribution >= 4 is 5.69 Å². The summed E-state index contributed by atoms with van der Waals surface area (Å²) in [5, 5.41) is 0. The average Bonchev–Trinajstić information content (AvgIpc) is 2.17. The highest BCUT2D eigenvalue weighted by molar-refractivity contribution is 5.50. The molecule has 14 heavy (non-hydrogen) atoms.